The fraction of sp³-hybridized carbons (Fsp3) is 1.00. The number of hydrogen-bond donors (Lipinski definition) is 3. The van der Waals surface area contributed by atoms with Crippen LogP contribution < -0.4 is 5.32 Å². The smallest absolute Gasteiger partial charge is 0.189 e. The molecule has 3 N–H and O–H groups in total. The monoisotopic (exact) mass is 193 g/mol. The third-order valence-electron chi connectivity index (χ3n) is 2.31. The van der Waals surface area contributed by atoms with Crippen LogP contribution in [0.3, 0.4) is 0 Å². The molecule has 1 aliphatic heterocycles. The summed E-state index contributed by atoms with van der Waals surface area (Å²) in [5, 5.41) is 12.5. The van der Waals surface area contributed by atoms with Crippen LogP contribution in [-0.2, 0) is 4.57 Å². The van der Waals surface area contributed by atoms with E-state index in [1.54, 1.807) is 0 Å². The first-order chi connectivity index (χ1) is 5.59. The molecule has 5 heteroatoms. The molecular weight excluding hydrogens is 177 g/mol. The Hall–Kier alpha value is 0.110. The van der Waals surface area contributed by atoms with Crippen molar-refractivity contribution >= 4 is 8.03 Å². The first-order valence-corrected chi connectivity index (χ1v) is 5.81. The van der Waals surface area contributed by atoms with Crippen LogP contribution >= 0.6 is 8.03 Å². The first-order valence-electron chi connectivity index (χ1n) is 4.25. The molecule has 72 valence electrons. The van der Waals surface area contributed by atoms with E-state index >= 15 is 0 Å². The minimum atomic E-state index is -2.33. The van der Waals surface area contributed by atoms with Gasteiger partial charge in [0.25, 0.3) is 0 Å². The van der Waals surface area contributed by atoms with Crippen LogP contribution in [0.15, 0.2) is 0 Å². The summed E-state index contributed by atoms with van der Waals surface area (Å²) in [6, 6.07) is 0.340. The van der Waals surface area contributed by atoms with Gasteiger partial charge in [-0.25, -0.2) is 0 Å². The molecule has 12 heavy (non-hydrogen) atoms. The lowest BCUT2D eigenvalue weighted by Crippen LogP contribution is -2.30. The Morgan fingerprint density at radius 3 is 2.75 bits per heavy atom. The number of nitrogens with one attached hydrogen (secondary N) is 1. The van der Waals surface area contributed by atoms with Gasteiger partial charge in [0, 0.05) is 18.2 Å². The van der Waals surface area contributed by atoms with E-state index < -0.39 is 8.03 Å². The summed E-state index contributed by atoms with van der Waals surface area (Å²) in [6.45, 7) is 1.92. The van der Waals surface area contributed by atoms with Gasteiger partial charge in [0.15, 0.2) is 8.03 Å². The van der Waals surface area contributed by atoms with E-state index in [0.717, 1.165) is 0 Å². The van der Waals surface area contributed by atoms with Crippen molar-refractivity contribution in [3.8, 4) is 0 Å². The standard InChI is InChI=1S/C7H16NO3P/c1-5-7(9)4-6(8-5)2-3-12(10)11/h5-9,12H,2-4H2,1H3,(H,10,11)/t5-,6+,7+/m0/s1. The van der Waals surface area contributed by atoms with Gasteiger partial charge in [-0.3, -0.25) is 4.57 Å². The summed E-state index contributed by atoms with van der Waals surface area (Å²) in [7, 11) is -2.33. The fourth-order valence-electron chi connectivity index (χ4n) is 1.55. The highest BCUT2D eigenvalue weighted by molar-refractivity contribution is 7.37. The van der Waals surface area contributed by atoms with Crippen molar-refractivity contribution in [1.29, 1.82) is 0 Å². The van der Waals surface area contributed by atoms with Gasteiger partial charge in [-0.1, -0.05) is 0 Å². The molecule has 1 heterocycles. The van der Waals surface area contributed by atoms with Gasteiger partial charge in [-0.2, -0.15) is 0 Å². The second-order valence-corrected chi connectivity index (χ2v) is 4.68. The van der Waals surface area contributed by atoms with Crippen LogP contribution in [0.5, 0.6) is 0 Å². The summed E-state index contributed by atoms with van der Waals surface area (Å²) < 4.78 is 10.4. The molecule has 4 atom stereocenters. The van der Waals surface area contributed by atoms with Gasteiger partial charge in [0.05, 0.1) is 6.10 Å². The normalized spacial score (nSPS) is 38.4. The highest BCUT2D eigenvalue weighted by Crippen LogP contribution is 2.21. The highest BCUT2D eigenvalue weighted by Gasteiger charge is 2.28. The summed E-state index contributed by atoms with van der Waals surface area (Å²) in [5.74, 6) is 0. The van der Waals surface area contributed by atoms with Crippen molar-refractivity contribution < 1.29 is 14.6 Å². The van der Waals surface area contributed by atoms with Gasteiger partial charge >= 0.3 is 0 Å². The van der Waals surface area contributed by atoms with Crippen molar-refractivity contribution in [2.24, 2.45) is 0 Å². The van der Waals surface area contributed by atoms with Crippen LogP contribution in [0, 0.1) is 0 Å². The Morgan fingerprint density at radius 1 is 1.67 bits per heavy atom. The molecule has 0 bridgehead atoms. The lowest BCUT2D eigenvalue weighted by molar-refractivity contribution is 0.164. The van der Waals surface area contributed by atoms with Gasteiger partial charge in [-0.15, -0.1) is 0 Å². The van der Waals surface area contributed by atoms with E-state index in [9.17, 15) is 9.67 Å². The zero-order valence-corrected chi connectivity index (χ0v) is 8.16. The molecule has 0 aromatic rings. The van der Waals surface area contributed by atoms with E-state index in [4.69, 9.17) is 4.89 Å². The maximum atomic E-state index is 10.4. The second-order valence-electron chi connectivity index (χ2n) is 3.39. The van der Waals surface area contributed by atoms with E-state index in [1.165, 1.54) is 0 Å². The van der Waals surface area contributed by atoms with Crippen LogP contribution in [0.2, 0.25) is 0 Å². The largest absolute Gasteiger partial charge is 0.391 e. The molecular formula is C7H16NO3P. The molecule has 0 aromatic carbocycles. The molecule has 1 saturated heterocycles. The van der Waals surface area contributed by atoms with E-state index in [2.05, 4.69) is 5.32 Å². The number of aliphatic hydroxyl groups is 1. The Bertz CT molecular complexity index is 166. The van der Waals surface area contributed by atoms with Gasteiger partial charge in [0.1, 0.15) is 0 Å². The predicted octanol–water partition coefficient (Wildman–Crippen LogP) is -0.0452. The number of rotatable bonds is 3. The van der Waals surface area contributed by atoms with Crippen LogP contribution in [0.4, 0.5) is 0 Å². The second kappa shape index (κ2) is 4.38. The Labute approximate surface area is 72.9 Å². The van der Waals surface area contributed by atoms with E-state index in [1.807, 2.05) is 6.92 Å². The van der Waals surface area contributed by atoms with Crippen molar-refractivity contribution in [2.45, 2.75) is 38.0 Å². The zero-order valence-electron chi connectivity index (χ0n) is 7.16. The molecule has 1 rings (SSSR count). The molecule has 0 spiro atoms. The lowest BCUT2D eigenvalue weighted by atomic mass is 10.1. The summed E-state index contributed by atoms with van der Waals surface area (Å²) >= 11 is 0. The zero-order chi connectivity index (χ0) is 9.14. The predicted molar refractivity (Wildman–Crippen MR) is 47.7 cm³/mol. The molecule has 0 aliphatic carbocycles. The maximum absolute atomic E-state index is 10.4. The van der Waals surface area contributed by atoms with E-state index in [-0.39, 0.29) is 18.2 Å². The molecule has 0 radical (unpaired) electrons. The van der Waals surface area contributed by atoms with Crippen LogP contribution in [0.1, 0.15) is 19.8 Å². The molecule has 0 saturated carbocycles. The van der Waals surface area contributed by atoms with Crippen molar-refractivity contribution in [3.63, 3.8) is 0 Å². The Balaban J connectivity index is 2.23. The third-order valence-corrected chi connectivity index (χ3v) is 3.02. The van der Waals surface area contributed by atoms with Crippen LogP contribution in [-0.4, -0.2) is 34.3 Å². The van der Waals surface area contributed by atoms with Crippen molar-refractivity contribution in [2.75, 3.05) is 6.16 Å². The molecule has 4 nitrogen and oxygen atoms in total. The SMILES string of the molecule is C[C@@H]1N[C@H](CC[PH](=O)O)C[C@H]1O. The summed E-state index contributed by atoms with van der Waals surface area (Å²) in [5.41, 5.74) is 0. The molecule has 1 unspecified atom stereocenters. The molecule has 0 aromatic heterocycles. The lowest BCUT2D eigenvalue weighted by Gasteiger charge is -2.09. The topological polar surface area (TPSA) is 69.6 Å². The fourth-order valence-corrected chi connectivity index (χ4v) is 2.14. The maximum Gasteiger partial charge on any atom is 0.189 e. The quantitative estimate of drug-likeness (QED) is 0.550. The molecule has 0 amide bonds. The Morgan fingerprint density at radius 2 is 2.33 bits per heavy atom. The van der Waals surface area contributed by atoms with Crippen molar-refractivity contribution in [3.05, 3.63) is 0 Å². The van der Waals surface area contributed by atoms with Gasteiger partial charge < -0.3 is 15.3 Å². The summed E-state index contributed by atoms with van der Waals surface area (Å²) in [6.07, 6.45) is 1.46. The minimum absolute atomic E-state index is 0.121. The number of hydrogen-bond acceptors (Lipinski definition) is 3. The van der Waals surface area contributed by atoms with E-state index in [0.29, 0.717) is 19.0 Å². The van der Waals surface area contributed by atoms with Gasteiger partial charge in [0.2, 0.25) is 0 Å². The highest BCUT2D eigenvalue weighted by atomic mass is 31.1. The minimum Gasteiger partial charge on any atom is -0.391 e. The third kappa shape index (κ3) is 2.87. The number of aliphatic hydroxyl groups excluding tert-OH is 1. The molecule has 1 fully saturated rings. The average Bonchev–Trinajstić information content (AvgIpc) is 2.28. The summed E-state index contributed by atoms with van der Waals surface area (Å²) in [4.78, 5) is 8.60. The van der Waals surface area contributed by atoms with Gasteiger partial charge in [-0.05, 0) is 19.8 Å². The molecule has 1 aliphatic rings. The van der Waals surface area contributed by atoms with Crippen LogP contribution in [0.25, 0.3) is 0 Å². The first kappa shape index (κ1) is 10.2. The Kier molecular flexibility index (Phi) is 3.72. The van der Waals surface area contributed by atoms with Crippen molar-refractivity contribution in [1.82, 2.24) is 5.32 Å². The average molecular weight is 193 g/mol.